The smallest absolute Gasteiger partial charge is 0.309 e. The largest absolute Gasteiger partial charge is 0.494 e. The maximum Gasteiger partial charge on any atom is 0.309 e. The fourth-order valence-corrected chi connectivity index (χ4v) is 6.26. The number of aromatic nitrogens is 2. The van der Waals surface area contributed by atoms with Gasteiger partial charge in [-0.3, -0.25) is 14.5 Å². The molecule has 2 aromatic rings. The molecular formula is C27H33ClN6O4. The topological polar surface area (TPSA) is 120 Å². The second-order valence-corrected chi connectivity index (χ2v) is 10.6. The fourth-order valence-electron chi connectivity index (χ4n) is 6.11. The Morgan fingerprint density at radius 2 is 2.05 bits per heavy atom. The number of carbonyl (C=O) groups excluding carboxylic acids is 1. The highest BCUT2D eigenvalue weighted by molar-refractivity contribution is 6.32. The summed E-state index contributed by atoms with van der Waals surface area (Å²) in [6, 6.07) is 3.27. The van der Waals surface area contributed by atoms with Gasteiger partial charge in [-0.05, 0) is 64.3 Å². The number of aliphatic carboxylic acids is 1. The number of fused-ring (bicyclic) bond motifs is 3. The molecule has 1 fully saturated rings. The molecule has 1 amide bonds. The van der Waals surface area contributed by atoms with Crippen LogP contribution in [0.2, 0.25) is 5.02 Å². The van der Waals surface area contributed by atoms with Gasteiger partial charge in [-0.2, -0.15) is 4.98 Å². The fraction of sp³-hybridized carbons (Fsp3) is 0.481. The highest BCUT2D eigenvalue weighted by atomic mass is 35.5. The number of benzene rings is 1. The van der Waals surface area contributed by atoms with Gasteiger partial charge in [-0.25, -0.2) is 4.98 Å². The van der Waals surface area contributed by atoms with Gasteiger partial charge >= 0.3 is 5.97 Å². The molecule has 2 bridgehead atoms. The van der Waals surface area contributed by atoms with Crippen LogP contribution in [0.25, 0.3) is 0 Å². The minimum atomic E-state index is -0.825. The van der Waals surface area contributed by atoms with E-state index >= 15 is 0 Å². The number of hydrogen-bond acceptors (Lipinski definition) is 8. The van der Waals surface area contributed by atoms with Gasteiger partial charge in [0.15, 0.2) is 5.82 Å². The summed E-state index contributed by atoms with van der Waals surface area (Å²) in [4.78, 5) is 37.8. The second-order valence-electron chi connectivity index (χ2n) is 10.2. The van der Waals surface area contributed by atoms with Crippen LogP contribution >= 0.6 is 11.6 Å². The van der Waals surface area contributed by atoms with Crippen LogP contribution in [0.3, 0.4) is 0 Å². The number of nitrogens with zero attached hydrogens (tertiary/aromatic N) is 4. The van der Waals surface area contributed by atoms with Crippen LogP contribution in [0.5, 0.6) is 5.75 Å². The number of methoxy groups -OCH3 is 1. The van der Waals surface area contributed by atoms with Crippen LogP contribution < -0.4 is 20.3 Å². The first-order valence-electron chi connectivity index (χ1n) is 12.9. The summed E-state index contributed by atoms with van der Waals surface area (Å²) in [5, 5.41) is 16.6. The number of anilines is 4. The molecule has 5 rings (SSSR count). The number of amides is 1. The second kappa shape index (κ2) is 10.4. The minimum Gasteiger partial charge on any atom is -0.494 e. The molecule has 0 spiro atoms. The molecule has 11 heteroatoms. The van der Waals surface area contributed by atoms with Crippen LogP contribution in [0.4, 0.5) is 23.1 Å². The Hall–Kier alpha value is -3.37. The van der Waals surface area contributed by atoms with Gasteiger partial charge in [0.2, 0.25) is 11.9 Å². The number of carboxylic acid groups (broad SMARTS) is 1. The monoisotopic (exact) mass is 540 g/mol. The Morgan fingerprint density at radius 3 is 2.74 bits per heavy atom. The third-order valence-corrected chi connectivity index (χ3v) is 8.20. The third-order valence-electron chi connectivity index (χ3n) is 7.93. The predicted molar refractivity (Wildman–Crippen MR) is 146 cm³/mol. The Morgan fingerprint density at radius 1 is 1.29 bits per heavy atom. The zero-order valence-corrected chi connectivity index (χ0v) is 22.7. The van der Waals surface area contributed by atoms with E-state index in [4.69, 9.17) is 16.3 Å². The van der Waals surface area contributed by atoms with Crippen molar-refractivity contribution in [2.75, 3.05) is 43.3 Å². The molecule has 1 aromatic heterocycles. The Bertz CT molecular complexity index is 1280. The lowest BCUT2D eigenvalue weighted by Gasteiger charge is -2.28. The van der Waals surface area contributed by atoms with Crippen molar-refractivity contribution < 1.29 is 19.4 Å². The molecule has 1 saturated carbocycles. The number of nitrogens with one attached hydrogen (secondary N) is 2. The molecule has 3 aliphatic rings. The van der Waals surface area contributed by atoms with Gasteiger partial charge in [0.1, 0.15) is 10.8 Å². The maximum atomic E-state index is 13.2. The molecular weight excluding hydrogens is 508 g/mol. The van der Waals surface area contributed by atoms with Crippen molar-refractivity contribution in [3.8, 4) is 5.75 Å². The molecule has 1 aliphatic heterocycles. The predicted octanol–water partition coefficient (Wildman–Crippen LogP) is 3.80. The number of rotatable bonds is 8. The van der Waals surface area contributed by atoms with Crippen LogP contribution in [0.1, 0.15) is 25.3 Å². The molecule has 5 atom stereocenters. The van der Waals surface area contributed by atoms with E-state index in [0.29, 0.717) is 47.6 Å². The average molecular weight is 541 g/mol. The van der Waals surface area contributed by atoms with Gasteiger partial charge in [-0.15, -0.1) is 0 Å². The lowest BCUT2D eigenvalue weighted by atomic mass is 9.89. The van der Waals surface area contributed by atoms with E-state index in [-0.39, 0.29) is 29.8 Å². The van der Waals surface area contributed by atoms with Crippen LogP contribution in [-0.4, -0.2) is 71.7 Å². The lowest BCUT2D eigenvalue weighted by Crippen LogP contribution is -2.45. The molecule has 2 heterocycles. The quantitative estimate of drug-likeness (QED) is 0.429. The molecule has 38 heavy (non-hydrogen) atoms. The zero-order valence-electron chi connectivity index (χ0n) is 21.9. The Labute approximate surface area is 227 Å². The van der Waals surface area contributed by atoms with Crippen molar-refractivity contribution in [3.63, 3.8) is 0 Å². The van der Waals surface area contributed by atoms with Crippen molar-refractivity contribution in [3.05, 3.63) is 41.1 Å². The van der Waals surface area contributed by atoms with Gasteiger partial charge in [0.05, 0.1) is 36.6 Å². The van der Waals surface area contributed by atoms with Crippen molar-refractivity contribution >= 4 is 46.6 Å². The van der Waals surface area contributed by atoms with E-state index in [0.717, 1.165) is 17.7 Å². The Kier molecular flexibility index (Phi) is 7.19. The van der Waals surface area contributed by atoms with Gasteiger partial charge < -0.3 is 25.4 Å². The number of halogens is 1. The molecule has 2 aliphatic carbocycles. The highest BCUT2D eigenvalue weighted by Crippen LogP contribution is 2.46. The summed E-state index contributed by atoms with van der Waals surface area (Å²) in [5.41, 5.74) is 2.45. The first kappa shape index (κ1) is 26.2. The number of hydrogen-bond donors (Lipinski definition) is 3. The van der Waals surface area contributed by atoms with Crippen LogP contribution in [0, 0.1) is 17.8 Å². The van der Waals surface area contributed by atoms with Crippen molar-refractivity contribution in [2.45, 2.75) is 38.3 Å². The third kappa shape index (κ3) is 4.56. The standard InChI is InChI=1S/C27H33ClN6O4/c1-5-34-19-11-9-18(23(38-4)16(19)8-10-20(25(34)35)33(2)3)30-27-29-13-17(28)24(32-27)31-22-15-7-6-14(12-15)21(22)26(36)37/h6-7,9,11,13-15,20-22H,5,8,10,12H2,1-4H3,(H,36,37)(H2,29,30,31,32)/t14-,15+,20-,21+,22-/m1/s1. The molecule has 0 saturated heterocycles. The average Bonchev–Trinajstić information content (AvgIpc) is 3.45. The number of likely N-dealkylation sites (N-methyl/N-ethyl adjacent to an activating group) is 2. The van der Waals surface area contributed by atoms with E-state index in [1.165, 1.54) is 6.20 Å². The molecule has 0 unspecified atom stereocenters. The summed E-state index contributed by atoms with van der Waals surface area (Å²) >= 11 is 6.42. The van der Waals surface area contributed by atoms with E-state index < -0.39 is 11.9 Å². The number of carboxylic acids is 1. The van der Waals surface area contributed by atoms with Crippen molar-refractivity contribution in [2.24, 2.45) is 17.8 Å². The van der Waals surface area contributed by atoms with Gasteiger partial charge in [0, 0.05) is 18.2 Å². The number of ether oxygens (including phenoxy) is 1. The summed E-state index contributed by atoms with van der Waals surface area (Å²) in [5.74, 6) is 0.148. The van der Waals surface area contributed by atoms with E-state index in [1.807, 2.05) is 49.0 Å². The minimum absolute atomic E-state index is 0.0127. The van der Waals surface area contributed by atoms with Gasteiger partial charge in [0.25, 0.3) is 0 Å². The van der Waals surface area contributed by atoms with Crippen LogP contribution in [0.15, 0.2) is 30.5 Å². The number of carbonyl (C=O) groups is 2. The van der Waals surface area contributed by atoms with E-state index in [1.54, 1.807) is 7.11 Å². The maximum absolute atomic E-state index is 13.2. The summed E-state index contributed by atoms with van der Waals surface area (Å²) in [7, 11) is 5.45. The zero-order chi connectivity index (χ0) is 27.1. The first-order chi connectivity index (χ1) is 18.2. The van der Waals surface area contributed by atoms with Crippen LogP contribution in [-0.2, 0) is 16.0 Å². The molecule has 1 aromatic carbocycles. The SMILES string of the molecule is CCN1C(=O)[C@H](N(C)C)CCc2c1ccc(Nc1ncc(Cl)c(N[C@H]3[C@@H](C(=O)O)[C@@H]4C=C[C@H]3C4)n1)c2OC. The summed E-state index contributed by atoms with van der Waals surface area (Å²) < 4.78 is 5.85. The van der Waals surface area contributed by atoms with Gasteiger partial charge in [-0.1, -0.05) is 23.8 Å². The molecule has 3 N–H and O–H groups in total. The highest BCUT2D eigenvalue weighted by Gasteiger charge is 2.48. The van der Waals surface area contributed by atoms with E-state index in [2.05, 4.69) is 26.7 Å². The van der Waals surface area contributed by atoms with Crippen molar-refractivity contribution in [1.82, 2.24) is 14.9 Å². The summed E-state index contributed by atoms with van der Waals surface area (Å²) in [6.45, 7) is 2.52. The van der Waals surface area contributed by atoms with Crippen molar-refractivity contribution in [1.29, 1.82) is 0 Å². The summed E-state index contributed by atoms with van der Waals surface area (Å²) in [6.07, 6.45) is 7.70. The molecule has 0 radical (unpaired) electrons. The molecule has 202 valence electrons. The first-order valence-corrected chi connectivity index (χ1v) is 13.3. The molecule has 10 nitrogen and oxygen atoms in total. The Balaban J connectivity index is 1.44. The number of allylic oxidation sites excluding steroid dienone is 1. The van der Waals surface area contributed by atoms with E-state index in [9.17, 15) is 14.7 Å². The lowest BCUT2D eigenvalue weighted by molar-refractivity contribution is -0.142. The normalized spacial score (nSPS) is 25.9.